The SMILES string of the molecule is COC(=O)[C@@H](NC(=O)N1CC(=O)N(c2cc(Cl)cc(Cl)c2)C1=O)C(C)C. The van der Waals surface area contributed by atoms with E-state index in [4.69, 9.17) is 23.2 Å². The van der Waals surface area contributed by atoms with Gasteiger partial charge in [-0.2, -0.15) is 0 Å². The molecular weight excluding hydrogens is 385 g/mol. The molecule has 1 atom stereocenters. The highest BCUT2D eigenvalue weighted by Crippen LogP contribution is 2.28. The van der Waals surface area contributed by atoms with Crippen molar-refractivity contribution in [3.8, 4) is 0 Å². The Morgan fingerprint density at radius 2 is 1.73 bits per heavy atom. The summed E-state index contributed by atoms with van der Waals surface area (Å²) in [5, 5.41) is 2.89. The van der Waals surface area contributed by atoms with Crippen molar-refractivity contribution >= 4 is 52.8 Å². The molecule has 10 heteroatoms. The molecule has 1 aliphatic rings. The van der Waals surface area contributed by atoms with E-state index in [0.717, 1.165) is 4.90 Å². The molecule has 0 aliphatic carbocycles. The lowest BCUT2D eigenvalue weighted by molar-refractivity contribution is -0.144. The van der Waals surface area contributed by atoms with E-state index < -0.39 is 36.5 Å². The average molecular weight is 402 g/mol. The van der Waals surface area contributed by atoms with Crippen LogP contribution >= 0.6 is 23.2 Å². The van der Waals surface area contributed by atoms with Crippen LogP contribution in [0.25, 0.3) is 0 Å². The second-order valence-electron chi connectivity index (χ2n) is 5.92. The largest absolute Gasteiger partial charge is 0.467 e. The van der Waals surface area contributed by atoms with Gasteiger partial charge in [-0.25, -0.2) is 24.2 Å². The van der Waals surface area contributed by atoms with Crippen molar-refractivity contribution in [2.24, 2.45) is 5.92 Å². The summed E-state index contributed by atoms with van der Waals surface area (Å²) in [6.07, 6.45) is 0. The van der Waals surface area contributed by atoms with E-state index >= 15 is 0 Å². The first kappa shape index (κ1) is 20.0. The molecule has 1 aromatic rings. The van der Waals surface area contributed by atoms with E-state index in [1.165, 1.54) is 25.3 Å². The van der Waals surface area contributed by atoms with Crippen molar-refractivity contribution in [3.63, 3.8) is 0 Å². The number of ether oxygens (including phenoxy) is 1. The molecule has 0 saturated carbocycles. The summed E-state index contributed by atoms with van der Waals surface area (Å²) >= 11 is 11.8. The van der Waals surface area contributed by atoms with Gasteiger partial charge in [0.1, 0.15) is 12.6 Å². The van der Waals surface area contributed by atoms with Crippen molar-refractivity contribution in [1.82, 2.24) is 10.2 Å². The lowest BCUT2D eigenvalue weighted by Gasteiger charge is -2.22. The van der Waals surface area contributed by atoms with Crippen molar-refractivity contribution in [3.05, 3.63) is 28.2 Å². The molecule has 0 aromatic heterocycles. The number of hydrogen-bond acceptors (Lipinski definition) is 5. The fourth-order valence-electron chi connectivity index (χ4n) is 2.42. The van der Waals surface area contributed by atoms with Gasteiger partial charge in [-0.3, -0.25) is 4.79 Å². The highest BCUT2D eigenvalue weighted by molar-refractivity contribution is 6.35. The molecule has 5 amide bonds. The number of amides is 5. The predicted octanol–water partition coefficient (Wildman–Crippen LogP) is 2.67. The molecule has 2 rings (SSSR count). The molecule has 1 saturated heterocycles. The molecular formula is C16H17Cl2N3O5. The summed E-state index contributed by atoms with van der Waals surface area (Å²) in [5.41, 5.74) is 0.154. The highest BCUT2D eigenvalue weighted by Gasteiger charge is 2.42. The quantitative estimate of drug-likeness (QED) is 0.617. The number of esters is 1. The van der Waals surface area contributed by atoms with Crippen LogP contribution in [0, 0.1) is 5.92 Å². The second-order valence-corrected chi connectivity index (χ2v) is 6.79. The summed E-state index contributed by atoms with van der Waals surface area (Å²) in [5.74, 6) is -1.55. The smallest absolute Gasteiger partial charge is 0.340 e. The van der Waals surface area contributed by atoms with E-state index in [-0.39, 0.29) is 21.7 Å². The van der Waals surface area contributed by atoms with E-state index in [1.807, 2.05) is 0 Å². The van der Waals surface area contributed by atoms with E-state index in [9.17, 15) is 19.2 Å². The number of methoxy groups -OCH3 is 1. The predicted molar refractivity (Wildman–Crippen MR) is 95.2 cm³/mol. The second kappa shape index (κ2) is 7.92. The molecule has 1 aromatic carbocycles. The molecule has 1 heterocycles. The summed E-state index contributed by atoms with van der Waals surface area (Å²) in [4.78, 5) is 50.5. The molecule has 1 fully saturated rings. The minimum Gasteiger partial charge on any atom is -0.467 e. The van der Waals surface area contributed by atoms with Gasteiger partial charge in [-0.05, 0) is 24.1 Å². The van der Waals surface area contributed by atoms with Gasteiger partial charge in [-0.15, -0.1) is 0 Å². The van der Waals surface area contributed by atoms with E-state index in [1.54, 1.807) is 13.8 Å². The number of hydrogen-bond donors (Lipinski definition) is 1. The zero-order valence-corrected chi connectivity index (χ0v) is 15.8. The number of anilines is 1. The van der Waals surface area contributed by atoms with Crippen molar-refractivity contribution < 1.29 is 23.9 Å². The maximum Gasteiger partial charge on any atom is 0.340 e. The van der Waals surface area contributed by atoms with Crippen LogP contribution in [-0.2, 0) is 14.3 Å². The highest BCUT2D eigenvalue weighted by atomic mass is 35.5. The number of urea groups is 2. The van der Waals surface area contributed by atoms with Gasteiger partial charge >= 0.3 is 18.0 Å². The molecule has 0 unspecified atom stereocenters. The maximum absolute atomic E-state index is 12.5. The molecule has 0 radical (unpaired) electrons. The topological polar surface area (TPSA) is 96.0 Å². The number of rotatable bonds is 4. The molecule has 0 spiro atoms. The van der Waals surface area contributed by atoms with Gasteiger partial charge in [0.05, 0.1) is 12.8 Å². The van der Waals surface area contributed by atoms with Crippen LogP contribution in [0.5, 0.6) is 0 Å². The lowest BCUT2D eigenvalue weighted by atomic mass is 10.1. The average Bonchev–Trinajstić information content (AvgIpc) is 2.85. The number of carbonyl (C=O) groups is 4. The molecule has 26 heavy (non-hydrogen) atoms. The summed E-state index contributed by atoms with van der Waals surface area (Å²) < 4.78 is 4.64. The Bertz CT molecular complexity index is 748. The Hall–Kier alpha value is -2.32. The fraction of sp³-hybridized carbons (Fsp3) is 0.375. The molecule has 1 aliphatic heterocycles. The minimum atomic E-state index is -0.954. The molecule has 1 N–H and O–H groups in total. The lowest BCUT2D eigenvalue weighted by Crippen LogP contribution is -2.51. The van der Waals surface area contributed by atoms with Crippen LogP contribution in [0.4, 0.5) is 15.3 Å². The fourth-order valence-corrected chi connectivity index (χ4v) is 2.93. The summed E-state index contributed by atoms with van der Waals surface area (Å²) in [6.45, 7) is 2.94. The summed E-state index contributed by atoms with van der Waals surface area (Å²) in [6, 6.07) is 1.53. The van der Waals surface area contributed by atoms with E-state index in [0.29, 0.717) is 4.90 Å². The molecule has 140 valence electrons. The Morgan fingerprint density at radius 1 is 1.15 bits per heavy atom. The molecule has 0 bridgehead atoms. The Morgan fingerprint density at radius 3 is 2.23 bits per heavy atom. The van der Waals surface area contributed by atoms with Gasteiger partial charge in [0.2, 0.25) is 0 Å². The normalized spacial score (nSPS) is 15.5. The number of halogens is 2. The number of imide groups is 2. The standard InChI is InChI=1S/C16H17Cl2N3O5/c1-8(2)13(14(23)26-3)19-15(24)20-7-12(22)21(16(20)25)11-5-9(17)4-10(18)6-11/h4-6,8,13H,7H2,1-3H3,(H,19,24)/t13-/m0/s1. The third-order valence-electron chi connectivity index (χ3n) is 3.72. The zero-order chi connectivity index (χ0) is 19.6. The van der Waals surface area contributed by atoms with E-state index in [2.05, 4.69) is 10.1 Å². The van der Waals surface area contributed by atoms with Crippen LogP contribution in [0.15, 0.2) is 18.2 Å². The first-order valence-corrected chi connectivity index (χ1v) is 8.40. The molecule has 8 nitrogen and oxygen atoms in total. The van der Waals surface area contributed by atoms with Crippen LogP contribution < -0.4 is 10.2 Å². The number of nitrogens with one attached hydrogen (secondary N) is 1. The van der Waals surface area contributed by atoms with Gasteiger partial charge in [0.25, 0.3) is 5.91 Å². The summed E-state index contributed by atoms with van der Waals surface area (Å²) in [7, 11) is 1.19. The van der Waals surface area contributed by atoms with Crippen molar-refractivity contribution in [2.75, 3.05) is 18.6 Å². The third kappa shape index (κ3) is 4.08. The van der Waals surface area contributed by atoms with Crippen LogP contribution in [0.2, 0.25) is 10.0 Å². The minimum absolute atomic E-state index is 0.154. The maximum atomic E-state index is 12.5. The number of carbonyl (C=O) groups excluding carboxylic acids is 4. The Kier molecular flexibility index (Phi) is 6.09. The van der Waals surface area contributed by atoms with Crippen LogP contribution in [0.3, 0.4) is 0 Å². The van der Waals surface area contributed by atoms with Crippen molar-refractivity contribution in [2.45, 2.75) is 19.9 Å². The number of nitrogens with zero attached hydrogens (tertiary/aromatic N) is 2. The first-order chi connectivity index (χ1) is 12.1. The van der Waals surface area contributed by atoms with Gasteiger partial charge in [0, 0.05) is 10.0 Å². The third-order valence-corrected chi connectivity index (χ3v) is 4.15. The monoisotopic (exact) mass is 401 g/mol. The first-order valence-electron chi connectivity index (χ1n) is 7.64. The van der Waals surface area contributed by atoms with Crippen LogP contribution in [-0.4, -0.2) is 48.5 Å². The van der Waals surface area contributed by atoms with Gasteiger partial charge in [0.15, 0.2) is 0 Å². The Balaban J connectivity index is 2.22. The van der Waals surface area contributed by atoms with Gasteiger partial charge in [-0.1, -0.05) is 37.0 Å². The number of benzene rings is 1. The Labute approximate surface area is 160 Å². The van der Waals surface area contributed by atoms with Crippen LogP contribution in [0.1, 0.15) is 13.8 Å². The zero-order valence-electron chi connectivity index (χ0n) is 14.3. The van der Waals surface area contributed by atoms with Crippen molar-refractivity contribution in [1.29, 1.82) is 0 Å². The van der Waals surface area contributed by atoms with Gasteiger partial charge < -0.3 is 10.1 Å².